The van der Waals surface area contributed by atoms with E-state index in [4.69, 9.17) is 16.3 Å². The van der Waals surface area contributed by atoms with Gasteiger partial charge in [-0.2, -0.15) is 13.2 Å². The summed E-state index contributed by atoms with van der Waals surface area (Å²) >= 11 is 6.04. The normalized spacial score (nSPS) is 15.9. The van der Waals surface area contributed by atoms with Gasteiger partial charge in [0.25, 0.3) is 0 Å². The second-order valence-corrected chi connectivity index (χ2v) is 9.14. The van der Waals surface area contributed by atoms with Gasteiger partial charge in [0.05, 0.1) is 17.3 Å². The highest BCUT2D eigenvalue weighted by Crippen LogP contribution is 2.36. The van der Waals surface area contributed by atoms with Crippen molar-refractivity contribution in [3.63, 3.8) is 0 Å². The van der Waals surface area contributed by atoms with Crippen molar-refractivity contribution < 1.29 is 22.7 Å². The Balaban J connectivity index is 1.30. The predicted octanol–water partition coefficient (Wildman–Crippen LogP) is 5.75. The highest BCUT2D eigenvalue weighted by molar-refractivity contribution is 6.30. The Bertz CT molecular complexity index is 1140. The van der Waals surface area contributed by atoms with Crippen LogP contribution in [0, 0.1) is 5.92 Å². The van der Waals surface area contributed by atoms with Crippen LogP contribution in [0.5, 0.6) is 5.75 Å². The van der Waals surface area contributed by atoms with Crippen LogP contribution in [0.4, 0.5) is 13.2 Å². The van der Waals surface area contributed by atoms with Crippen molar-refractivity contribution in [2.45, 2.75) is 25.1 Å². The van der Waals surface area contributed by atoms with Gasteiger partial charge >= 0.3 is 6.18 Å². The third kappa shape index (κ3) is 6.77. The second kappa shape index (κ2) is 11.8. The van der Waals surface area contributed by atoms with Crippen molar-refractivity contribution >= 4 is 17.5 Å². The summed E-state index contributed by atoms with van der Waals surface area (Å²) in [5.41, 5.74) is 0.852. The second-order valence-electron chi connectivity index (χ2n) is 8.71. The molecule has 2 aromatic carbocycles. The van der Waals surface area contributed by atoms with Crippen LogP contribution in [0.2, 0.25) is 5.02 Å². The molecule has 0 aliphatic carbocycles. The minimum Gasteiger partial charge on any atom is -0.492 e. The zero-order valence-corrected chi connectivity index (χ0v) is 20.3. The first-order valence-corrected chi connectivity index (χ1v) is 12.2. The van der Waals surface area contributed by atoms with Crippen LogP contribution >= 0.6 is 11.6 Å². The lowest BCUT2D eigenvalue weighted by atomic mass is 9.94. The van der Waals surface area contributed by atoms with Crippen molar-refractivity contribution in [2.24, 2.45) is 5.92 Å². The number of piperidine rings is 1. The van der Waals surface area contributed by atoms with Gasteiger partial charge in [0.1, 0.15) is 12.4 Å². The summed E-state index contributed by atoms with van der Waals surface area (Å²) in [6.07, 6.45) is -1.46. The molecule has 1 amide bonds. The number of amides is 1. The molecule has 1 fully saturated rings. The Hall–Kier alpha value is -3.10. The first kappa shape index (κ1) is 26.0. The number of nitrogens with one attached hydrogen (secondary N) is 1. The van der Waals surface area contributed by atoms with Crippen molar-refractivity contribution in [1.82, 2.24) is 15.2 Å². The molecule has 0 spiro atoms. The van der Waals surface area contributed by atoms with Crippen LogP contribution in [-0.2, 0) is 11.0 Å². The molecule has 1 aliphatic rings. The molecule has 2 heterocycles. The van der Waals surface area contributed by atoms with E-state index in [2.05, 4.69) is 15.2 Å². The van der Waals surface area contributed by atoms with Gasteiger partial charge in [-0.1, -0.05) is 41.9 Å². The molecule has 36 heavy (non-hydrogen) atoms. The predicted molar refractivity (Wildman–Crippen MR) is 132 cm³/mol. The van der Waals surface area contributed by atoms with Gasteiger partial charge in [-0.05, 0) is 67.9 Å². The molecule has 1 saturated heterocycles. The molecule has 190 valence electrons. The van der Waals surface area contributed by atoms with Crippen LogP contribution in [0.1, 0.15) is 35.7 Å². The summed E-state index contributed by atoms with van der Waals surface area (Å²) in [5, 5.41) is 3.76. The lowest BCUT2D eigenvalue weighted by molar-refractivity contribution is -0.139. The maximum Gasteiger partial charge on any atom is 0.419 e. The Kier molecular flexibility index (Phi) is 8.48. The summed E-state index contributed by atoms with van der Waals surface area (Å²) in [5.74, 6) is -0.371. The molecule has 0 bridgehead atoms. The lowest BCUT2D eigenvalue weighted by Crippen LogP contribution is -2.43. The first-order valence-electron chi connectivity index (χ1n) is 11.8. The van der Waals surface area contributed by atoms with Gasteiger partial charge < -0.3 is 10.1 Å². The van der Waals surface area contributed by atoms with Crippen LogP contribution in [0.3, 0.4) is 0 Å². The zero-order valence-electron chi connectivity index (χ0n) is 19.5. The largest absolute Gasteiger partial charge is 0.492 e. The molecule has 5 nitrogen and oxygen atoms in total. The number of halogens is 4. The SMILES string of the molecule is O=C(N[C@H](c1ccc(Cl)cc1)c1ccccn1)C1CCN(CCOc2ccccc2C(F)(F)F)CC1. The van der Waals surface area contributed by atoms with Gasteiger partial charge in [-0.15, -0.1) is 0 Å². The summed E-state index contributed by atoms with van der Waals surface area (Å²) in [4.78, 5) is 19.7. The fourth-order valence-electron chi connectivity index (χ4n) is 4.32. The summed E-state index contributed by atoms with van der Waals surface area (Å²) in [6, 6.07) is 17.7. The third-order valence-corrected chi connectivity index (χ3v) is 6.54. The number of hydrogen-bond donors (Lipinski definition) is 1. The molecule has 3 aromatic rings. The Morgan fingerprint density at radius 2 is 1.75 bits per heavy atom. The fraction of sp³-hybridized carbons (Fsp3) is 0.333. The van der Waals surface area contributed by atoms with Gasteiger partial charge in [-0.25, -0.2) is 0 Å². The number of pyridine rings is 1. The van der Waals surface area contributed by atoms with E-state index in [9.17, 15) is 18.0 Å². The average molecular weight is 518 g/mol. The smallest absolute Gasteiger partial charge is 0.419 e. The highest BCUT2D eigenvalue weighted by atomic mass is 35.5. The minimum atomic E-state index is -4.46. The number of carbonyl (C=O) groups is 1. The number of benzene rings is 2. The number of rotatable bonds is 8. The van der Waals surface area contributed by atoms with Gasteiger partial charge in [0, 0.05) is 23.7 Å². The molecule has 0 unspecified atom stereocenters. The van der Waals surface area contributed by atoms with E-state index < -0.39 is 17.8 Å². The monoisotopic (exact) mass is 517 g/mol. The van der Waals surface area contributed by atoms with Crippen molar-refractivity contribution in [3.8, 4) is 5.75 Å². The molecular weight excluding hydrogens is 491 g/mol. The molecule has 1 aromatic heterocycles. The van der Waals surface area contributed by atoms with Crippen molar-refractivity contribution in [2.75, 3.05) is 26.2 Å². The lowest BCUT2D eigenvalue weighted by Gasteiger charge is -2.32. The number of likely N-dealkylation sites (tertiary alicyclic amines) is 1. The molecule has 0 radical (unpaired) electrons. The standard InChI is InChI=1S/C27H27ClF3N3O2/c28-21-10-8-19(9-11-21)25(23-6-3-4-14-32-23)33-26(35)20-12-15-34(16-13-20)17-18-36-24-7-2-1-5-22(24)27(29,30)31/h1-11,14,20,25H,12-13,15-18H2,(H,33,35)/t25-/m1/s1. The number of ether oxygens (including phenoxy) is 1. The summed E-state index contributed by atoms with van der Waals surface area (Å²) in [7, 11) is 0. The van der Waals surface area contributed by atoms with Crippen LogP contribution in [-0.4, -0.2) is 42.0 Å². The molecule has 9 heteroatoms. The van der Waals surface area contributed by atoms with E-state index in [1.165, 1.54) is 18.2 Å². The average Bonchev–Trinajstić information content (AvgIpc) is 2.88. The number of nitrogens with zero attached hydrogens (tertiary/aromatic N) is 2. The number of alkyl halides is 3. The van der Waals surface area contributed by atoms with E-state index >= 15 is 0 Å². The first-order chi connectivity index (χ1) is 17.3. The van der Waals surface area contributed by atoms with Gasteiger partial charge in [-0.3, -0.25) is 14.7 Å². The Morgan fingerprint density at radius 3 is 2.42 bits per heavy atom. The maximum atomic E-state index is 13.1. The molecule has 0 saturated carbocycles. The van der Waals surface area contributed by atoms with Crippen LogP contribution < -0.4 is 10.1 Å². The summed E-state index contributed by atoms with van der Waals surface area (Å²) < 4.78 is 44.8. The maximum absolute atomic E-state index is 13.1. The number of aromatic nitrogens is 1. The minimum absolute atomic E-state index is 0.0457. The van der Waals surface area contributed by atoms with Gasteiger partial charge in [0.15, 0.2) is 0 Å². The Labute approximate surface area is 213 Å². The Morgan fingerprint density at radius 1 is 1.06 bits per heavy atom. The van der Waals surface area contributed by atoms with E-state index in [1.54, 1.807) is 18.3 Å². The van der Waals surface area contributed by atoms with Crippen molar-refractivity contribution in [3.05, 3.63) is 94.8 Å². The van der Waals surface area contributed by atoms with Crippen LogP contribution in [0.25, 0.3) is 0 Å². The molecule has 1 aliphatic heterocycles. The van der Waals surface area contributed by atoms with E-state index in [0.717, 1.165) is 17.3 Å². The van der Waals surface area contributed by atoms with Gasteiger partial charge in [0.2, 0.25) is 5.91 Å². The van der Waals surface area contributed by atoms with E-state index in [1.807, 2.05) is 30.3 Å². The van der Waals surface area contributed by atoms with E-state index in [-0.39, 0.29) is 24.2 Å². The number of hydrogen-bond acceptors (Lipinski definition) is 4. The van der Waals surface area contributed by atoms with Crippen molar-refractivity contribution in [1.29, 1.82) is 0 Å². The number of carbonyl (C=O) groups excluding carboxylic acids is 1. The molecule has 4 rings (SSSR count). The third-order valence-electron chi connectivity index (χ3n) is 6.29. The summed E-state index contributed by atoms with van der Waals surface area (Å²) in [6.45, 7) is 1.96. The fourth-order valence-corrected chi connectivity index (χ4v) is 4.45. The quantitative estimate of drug-likeness (QED) is 0.413. The topological polar surface area (TPSA) is 54.5 Å². The van der Waals surface area contributed by atoms with E-state index in [0.29, 0.717) is 37.5 Å². The highest BCUT2D eigenvalue weighted by Gasteiger charge is 2.34. The number of para-hydroxylation sites is 1. The van der Waals surface area contributed by atoms with Crippen LogP contribution in [0.15, 0.2) is 72.9 Å². The molecule has 1 atom stereocenters. The zero-order chi connectivity index (χ0) is 25.5. The molecule has 1 N–H and O–H groups in total. The molecular formula is C27H27ClF3N3O2.